The van der Waals surface area contributed by atoms with Gasteiger partial charge in [0.15, 0.2) is 0 Å². The average Bonchev–Trinajstić information content (AvgIpc) is 2.43. The zero-order valence-electron chi connectivity index (χ0n) is 12.3. The summed E-state index contributed by atoms with van der Waals surface area (Å²) in [5.41, 5.74) is 0.970. The quantitative estimate of drug-likeness (QED) is 0.754. The van der Waals surface area contributed by atoms with Crippen molar-refractivity contribution in [3.63, 3.8) is 0 Å². The molecule has 1 aromatic heterocycles. The Labute approximate surface area is 119 Å². The van der Waals surface area contributed by atoms with E-state index in [0.717, 1.165) is 25.2 Å². The smallest absolute Gasteiger partial charge is 0.314 e. The topological polar surface area (TPSA) is 74.3 Å². The molecule has 0 atom stereocenters. The van der Waals surface area contributed by atoms with Gasteiger partial charge in [0.25, 0.3) is 0 Å². The fourth-order valence-electron chi connectivity index (χ4n) is 1.73. The lowest BCUT2D eigenvalue weighted by molar-refractivity contribution is -0.136. The lowest BCUT2D eigenvalue weighted by atomic mass is 10.3. The molecule has 0 aliphatic carbocycles. The van der Waals surface area contributed by atoms with Crippen LogP contribution >= 0.6 is 0 Å². The summed E-state index contributed by atoms with van der Waals surface area (Å²) in [5.74, 6) is -0.947. The molecule has 0 saturated heterocycles. The summed E-state index contributed by atoms with van der Waals surface area (Å²) < 4.78 is 0. The Hall–Kier alpha value is -1.95. The van der Waals surface area contributed by atoms with Gasteiger partial charge in [0, 0.05) is 19.3 Å². The van der Waals surface area contributed by atoms with Crippen molar-refractivity contribution >= 4 is 17.6 Å². The van der Waals surface area contributed by atoms with Crippen molar-refractivity contribution in [1.29, 1.82) is 0 Å². The van der Waals surface area contributed by atoms with Crippen LogP contribution in [0.4, 0.5) is 5.82 Å². The second-order valence-electron chi connectivity index (χ2n) is 4.46. The number of hydrogen-bond acceptors (Lipinski definition) is 4. The Kier molecular flexibility index (Phi) is 6.66. The van der Waals surface area contributed by atoms with Gasteiger partial charge in [-0.2, -0.15) is 0 Å². The zero-order valence-corrected chi connectivity index (χ0v) is 12.3. The molecule has 1 heterocycles. The van der Waals surface area contributed by atoms with Crippen molar-refractivity contribution in [3.05, 3.63) is 23.9 Å². The standard InChI is InChI=1S/C14H22N4O2/c1-4-18(5-2)9-8-16-13(19)14(20)17-12-10-11(3)6-7-15-12/h6-7,10H,4-5,8-9H2,1-3H3,(H,16,19)(H,15,17,20). The van der Waals surface area contributed by atoms with Gasteiger partial charge >= 0.3 is 11.8 Å². The molecule has 0 spiro atoms. The minimum atomic E-state index is -0.692. The predicted molar refractivity (Wildman–Crippen MR) is 78.4 cm³/mol. The van der Waals surface area contributed by atoms with Crippen LogP contribution in [-0.2, 0) is 9.59 Å². The summed E-state index contributed by atoms with van der Waals surface area (Å²) in [6, 6.07) is 3.53. The molecule has 110 valence electrons. The Balaban J connectivity index is 2.38. The lowest BCUT2D eigenvalue weighted by Gasteiger charge is -2.17. The number of rotatable bonds is 6. The highest BCUT2D eigenvalue weighted by Gasteiger charge is 2.13. The molecular weight excluding hydrogens is 256 g/mol. The van der Waals surface area contributed by atoms with Crippen molar-refractivity contribution < 1.29 is 9.59 Å². The molecule has 0 aliphatic heterocycles. The van der Waals surface area contributed by atoms with E-state index in [0.29, 0.717) is 12.4 Å². The zero-order chi connectivity index (χ0) is 15.0. The van der Waals surface area contributed by atoms with Gasteiger partial charge in [-0.1, -0.05) is 13.8 Å². The van der Waals surface area contributed by atoms with Crippen LogP contribution in [0.2, 0.25) is 0 Å². The monoisotopic (exact) mass is 278 g/mol. The fraction of sp³-hybridized carbons (Fsp3) is 0.500. The maximum absolute atomic E-state index is 11.7. The number of nitrogens with one attached hydrogen (secondary N) is 2. The Bertz CT molecular complexity index is 458. The molecule has 1 rings (SSSR count). The molecule has 0 bridgehead atoms. The van der Waals surface area contributed by atoms with E-state index in [1.54, 1.807) is 12.3 Å². The largest absolute Gasteiger partial charge is 0.347 e. The number of nitrogens with zero attached hydrogens (tertiary/aromatic N) is 2. The normalized spacial score (nSPS) is 10.4. The summed E-state index contributed by atoms with van der Waals surface area (Å²) in [6.45, 7) is 9.03. The minimum Gasteiger partial charge on any atom is -0.347 e. The molecule has 0 saturated carbocycles. The van der Waals surface area contributed by atoms with Gasteiger partial charge in [-0.15, -0.1) is 0 Å². The number of pyridine rings is 1. The first-order valence-corrected chi connectivity index (χ1v) is 6.81. The van der Waals surface area contributed by atoms with E-state index in [1.165, 1.54) is 0 Å². The summed E-state index contributed by atoms with van der Waals surface area (Å²) in [6.07, 6.45) is 1.59. The molecular formula is C14H22N4O2. The Morgan fingerprint density at radius 3 is 2.55 bits per heavy atom. The molecule has 6 heteroatoms. The number of aromatic nitrogens is 1. The Morgan fingerprint density at radius 2 is 1.95 bits per heavy atom. The molecule has 0 unspecified atom stereocenters. The number of aryl methyl sites for hydroxylation is 1. The summed E-state index contributed by atoms with van der Waals surface area (Å²) in [4.78, 5) is 29.4. The number of likely N-dealkylation sites (N-methyl/N-ethyl adjacent to an activating group) is 1. The van der Waals surface area contributed by atoms with E-state index in [2.05, 4.69) is 34.4 Å². The molecule has 6 nitrogen and oxygen atoms in total. The van der Waals surface area contributed by atoms with E-state index >= 15 is 0 Å². The number of anilines is 1. The van der Waals surface area contributed by atoms with Crippen LogP contribution in [0.3, 0.4) is 0 Å². The first kappa shape index (κ1) is 16.1. The first-order chi connectivity index (χ1) is 9.56. The van der Waals surface area contributed by atoms with Gasteiger partial charge in [0.05, 0.1) is 0 Å². The third kappa shape index (κ3) is 5.36. The predicted octanol–water partition coefficient (Wildman–Crippen LogP) is 0.787. The Morgan fingerprint density at radius 1 is 1.25 bits per heavy atom. The van der Waals surface area contributed by atoms with Gasteiger partial charge in [-0.25, -0.2) is 4.98 Å². The molecule has 2 amide bonds. The second-order valence-corrected chi connectivity index (χ2v) is 4.46. The van der Waals surface area contributed by atoms with E-state index in [1.807, 2.05) is 13.0 Å². The molecule has 0 radical (unpaired) electrons. The van der Waals surface area contributed by atoms with E-state index in [-0.39, 0.29) is 0 Å². The maximum Gasteiger partial charge on any atom is 0.314 e. The molecule has 0 fully saturated rings. The summed E-state index contributed by atoms with van der Waals surface area (Å²) in [5, 5.41) is 5.07. The molecule has 0 aliphatic rings. The molecule has 0 aromatic carbocycles. The number of carbonyl (C=O) groups excluding carboxylic acids is 2. The highest BCUT2D eigenvalue weighted by atomic mass is 16.2. The van der Waals surface area contributed by atoms with Crippen molar-refractivity contribution in [3.8, 4) is 0 Å². The first-order valence-electron chi connectivity index (χ1n) is 6.81. The fourth-order valence-corrected chi connectivity index (χ4v) is 1.73. The van der Waals surface area contributed by atoms with Crippen molar-refractivity contribution in [2.75, 3.05) is 31.5 Å². The van der Waals surface area contributed by atoms with Crippen LogP contribution in [0.5, 0.6) is 0 Å². The van der Waals surface area contributed by atoms with E-state index in [9.17, 15) is 9.59 Å². The van der Waals surface area contributed by atoms with E-state index in [4.69, 9.17) is 0 Å². The second kappa shape index (κ2) is 8.27. The van der Waals surface area contributed by atoms with Gasteiger partial charge < -0.3 is 15.5 Å². The van der Waals surface area contributed by atoms with Crippen LogP contribution in [0.25, 0.3) is 0 Å². The molecule has 20 heavy (non-hydrogen) atoms. The number of carbonyl (C=O) groups is 2. The summed E-state index contributed by atoms with van der Waals surface area (Å²) in [7, 11) is 0. The number of hydrogen-bond donors (Lipinski definition) is 2. The number of amides is 2. The van der Waals surface area contributed by atoms with Crippen molar-refractivity contribution in [1.82, 2.24) is 15.2 Å². The highest BCUT2D eigenvalue weighted by Crippen LogP contribution is 2.04. The third-order valence-electron chi connectivity index (χ3n) is 2.97. The van der Waals surface area contributed by atoms with Crippen LogP contribution < -0.4 is 10.6 Å². The van der Waals surface area contributed by atoms with Crippen LogP contribution in [0, 0.1) is 6.92 Å². The van der Waals surface area contributed by atoms with Gasteiger partial charge in [0.1, 0.15) is 5.82 Å². The van der Waals surface area contributed by atoms with Crippen molar-refractivity contribution in [2.24, 2.45) is 0 Å². The minimum absolute atomic E-state index is 0.383. The van der Waals surface area contributed by atoms with Gasteiger partial charge in [0.2, 0.25) is 0 Å². The van der Waals surface area contributed by atoms with Crippen LogP contribution in [0.1, 0.15) is 19.4 Å². The maximum atomic E-state index is 11.7. The third-order valence-corrected chi connectivity index (χ3v) is 2.97. The van der Waals surface area contributed by atoms with Crippen molar-refractivity contribution in [2.45, 2.75) is 20.8 Å². The van der Waals surface area contributed by atoms with Crippen LogP contribution in [-0.4, -0.2) is 47.9 Å². The lowest BCUT2D eigenvalue weighted by Crippen LogP contribution is -2.40. The van der Waals surface area contributed by atoms with E-state index < -0.39 is 11.8 Å². The van der Waals surface area contributed by atoms with Gasteiger partial charge in [-0.05, 0) is 37.7 Å². The SMILES string of the molecule is CCN(CC)CCNC(=O)C(=O)Nc1cc(C)ccn1. The molecule has 1 aromatic rings. The van der Waals surface area contributed by atoms with Crippen LogP contribution in [0.15, 0.2) is 18.3 Å². The highest BCUT2D eigenvalue weighted by molar-refractivity contribution is 6.39. The molecule has 2 N–H and O–H groups in total. The average molecular weight is 278 g/mol. The van der Waals surface area contributed by atoms with Gasteiger partial charge in [-0.3, -0.25) is 9.59 Å². The summed E-state index contributed by atoms with van der Waals surface area (Å²) >= 11 is 0.